The molecule has 2 aliphatic heterocycles. The van der Waals surface area contributed by atoms with Crippen LogP contribution in [0.3, 0.4) is 0 Å². The fourth-order valence-corrected chi connectivity index (χ4v) is 4.40. The molecular weight excluding hydrogens is 374 g/mol. The van der Waals surface area contributed by atoms with Crippen LogP contribution in [0.4, 0.5) is 0 Å². The fraction of sp³-hybridized carbons (Fsp3) is 0.571. The lowest BCUT2D eigenvalue weighted by atomic mass is 9.90. The topological polar surface area (TPSA) is 63.1 Å². The molecular formula is C21H30ClN5O. The van der Waals surface area contributed by atoms with E-state index in [4.69, 9.17) is 0 Å². The predicted molar refractivity (Wildman–Crippen MR) is 112 cm³/mol. The molecule has 1 N–H and O–H groups in total. The molecule has 1 amide bonds. The van der Waals surface area contributed by atoms with Crippen LogP contribution in [0.25, 0.3) is 0 Å². The van der Waals surface area contributed by atoms with Crippen molar-refractivity contribution in [2.45, 2.75) is 58.0 Å². The Hall–Kier alpha value is -1.92. The molecule has 2 aliphatic rings. The Labute approximate surface area is 173 Å². The van der Waals surface area contributed by atoms with Gasteiger partial charge in [-0.25, -0.2) is 4.68 Å². The van der Waals surface area contributed by atoms with E-state index in [-0.39, 0.29) is 24.4 Å². The summed E-state index contributed by atoms with van der Waals surface area (Å²) in [5, 5.41) is 11.9. The lowest BCUT2D eigenvalue weighted by Crippen LogP contribution is -2.39. The van der Waals surface area contributed by atoms with Crippen LogP contribution < -0.4 is 5.32 Å². The first-order chi connectivity index (χ1) is 13.1. The van der Waals surface area contributed by atoms with Crippen LogP contribution in [0.15, 0.2) is 24.4 Å². The highest BCUT2D eigenvalue weighted by Crippen LogP contribution is 2.34. The first kappa shape index (κ1) is 20.8. The van der Waals surface area contributed by atoms with Gasteiger partial charge in [0.2, 0.25) is 0 Å². The van der Waals surface area contributed by atoms with Crippen molar-refractivity contribution in [3.8, 4) is 0 Å². The average molecular weight is 404 g/mol. The lowest BCUT2D eigenvalue weighted by molar-refractivity contribution is 0.0604. The minimum Gasteiger partial charge on any atom is -0.330 e. The van der Waals surface area contributed by atoms with Gasteiger partial charge in [0, 0.05) is 6.54 Å². The maximum absolute atomic E-state index is 13.3. The highest BCUT2D eigenvalue weighted by Gasteiger charge is 2.31. The molecule has 28 heavy (non-hydrogen) atoms. The van der Waals surface area contributed by atoms with E-state index in [0.717, 1.165) is 51.7 Å². The van der Waals surface area contributed by atoms with E-state index in [1.54, 1.807) is 0 Å². The molecule has 1 aromatic heterocycles. The molecule has 2 fully saturated rings. The summed E-state index contributed by atoms with van der Waals surface area (Å²) in [6.07, 6.45) is 7.14. The van der Waals surface area contributed by atoms with Gasteiger partial charge in [0.05, 0.1) is 18.3 Å². The molecule has 0 aliphatic carbocycles. The van der Waals surface area contributed by atoms with Gasteiger partial charge in [-0.3, -0.25) is 4.79 Å². The van der Waals surface area contributed by atoms with Crippen molar-refractivity contribution in [2.24, 2.45) is 0 Å². The SMILES string of the molecule is Cc1cccc(C2CCCCN2C(=O)c2cn(C3CCNCC3)nn2)c1C.Cl. The second-order valence-corrected chi connectivity index (χ2v) is 7.86. The van der Waals surface area contributed by atoms with Crippen molar-refractivity contribution in [3.63, 3.8) is 0 Å². The number of aromatic nitrogens is 3. The van der Waals surface area contributed by atoms with E-state index in [2.05, 4.69) is 47.7 Å². The third-order valence-corrected chi connectivity index (χ3v) is 6.18. The van der Waals surface area contributed by atoms with Crippen LogP contribution in [0.1, 0.15) is 71.4 Å². The number of amides is 1. The van der Waals surface area contributed by atoms with E-state index in [9.17, 15) is 4.79 Å². The first-order valence-corrected chi connectivity index (χ1v) is 10.1. The number of carbonyl (C=O) groups is 1. The second kappa shape index (κ2) is 9.05. The molecule has 1 unspecified atom stereocenters. The lowest BCUT2D eigenvalue weighted by Gasteiger charge is -2.36. The molecule has 3 heterocycles. The molecule has 7 heteroatoms. The van der Waals surface area contributed by atoms with Gasteiger partial charge in [-0.15, -0.1) is 17.5 Å². The van der Waals surface area contributed by atoms with Gasteiger partial charge in [0.15, 0.2) is 5.69 Å². The molecule has 1 atom stereocenters. The Morgan fingerprint density at radius 2 is 1.93 bits per heavy atom. The quantitative estimate of drug-likeness (QED) is 0.850. The number of carbonyl (C=O) groups excluding carboxylic acids is 1. The Bertz CT molecular complexity index is 815. The first-order valence-electron chi connectivity index (χ1n) is 10.1. The number of nitrogens with one attached hydrogen (secondary N) is 1. The van der Waals surface area contributed by atoms with Crippen molar-refractivity contribution >= 4 is 18.3 Å². The molecule has 4 rings (SSSR count). The van der Waals surface area contributed by atoms with Crippen molar-refractivity contribution in [3.05, 3.63) is 46.8 Å². The number of nitrogens with zero attached hydrogens (tertiary/aromatic N) is 4. The number of likely N-dealkylation sites (tertiary alicyclic amines) is 1. The van der Waals surface area contributed by atoms with Gasteiger partial charge >= 0.3 is 0 Å². The summed E-state index contributed by atoms with van der Waals surface area (Å²) >= 11 is 0. The zero-order chi connectivity index (χ0) is 18.8. The number of hydrogen-bond donors (Lipinski definition) is 1. The summed E-state index contributed by atoms with van der Waals surface area (Å²) < 4.78 is 1.89. The summed E-state index contributed by atoms with van der Waals surface area (Å²) in [5.74, 6) is 0.0146. The molecule has 6 nitrogen and oxygen atoms in total. The van der Waals surface area contributed by atoms with Gasteiger partial charge in [-0.05, 0) is 75.7 Å². The highest BCUT2D eigenvalue weighted by molar-refractivity contribution is 5.92. The molecule has 2 saturated heterocycles. The zero-order valence-corrected chi connectivity index (χ0v) is 17.5. The Morgan fingerprint density at radius 1 is 1.14 bits per heavy atom. The van der Waals surface area contributed by atoms with E-state index in [1.807, 2.05) is 15.8 Å². The molecule has 0 spiro atoms. The van der Waals surface area contributed by atoms with Crippen LogP contribution in [0, 0.1) is 13.8 Å². The van der Waals surface area contributed by atoms with Crippen molar-refractivity contribution < 1.29 is 4.79 Å². The van der Waals surface area contributed by atoms with Crippen LogP contribution in [-0.2, 0) is 0 Å². The number of rotatable bonds is 3. The van der Waals surface area contributed by atoms with Gasteiger partial charge in [-0.2, -0.15) is 0 Å². The van der Waals surface area contributed by atoms with Crippen molar-refractivity contribution in [2.75, 3.05) is 19.6 Å². The monoisotopic (exact) mass is 403 g/mol. The van der Waals surface area contributed by atoms with E-state index in [1.165, 1.54) is 16.7 Å². The predicted octanol–water partition coefficient (Wildman–Crippen LogP) is 3.61. The molecule has 1 aromatic carbocycles. The molecule has 152 valence electrons. The largest absolute Gasteiger partial charge is 0.330 e. The summed E-state index contributed by atoms with van der Waals surface area (Å²) in [4.78, 5) is 15.3. The minimum atomic E-state index is 0. The average Bonchev–Trinajstić information content (AvgIpc) is 3.20. The summed E-state index contributed by atoms with van der Waals surface area (Å²) in [6.45, 7) is 7.08. The minimum absolute atomic E-state index is 0. The normalized spacial score (nSPS) is 20.6. The Morgan fingerprint density at radius 3 is 2.71 bits per heavy atom. The van der Waals surface area contributed by atoms with Gasteiger partial charge < -0.3 is 10.2 Å². The molecule has 2 aromatic rings. The maximum atomic E-state index is 13.3. The zero-order valence-electron chi connectivity index (χ0n) is 16.7. The fourth-order valence-electron chi connectivity index (χ4n) is 4.40. The number of halogens is 1. The van der Waals surface area contributed by atoms with Crippen molar-refractivity contribution in [1.82, 2.24) is 25.2 Å². The van der Waals surface area contributed by atoms with E-state index < -0.39 is 0 Å². The Balaban J connectivity index is 0.00000225. The van der Waals surface area contributed by atoms with E-state index in [0.29, 0.717) is 11.7 Å². The van der Waals surface area contributed by atoms with Crippen LogP contribution in [0.5, 0.6) is 0 Å². The summed E-state index contributed by atoms with van der Waals surface area (Å²) in [6, 6.07) is 6.89. The van der Waals surface area contributed by atoms with Crippen molar-refractivity contribution in [1.29, 1.82) is 0 Å². The van der Waals surface area contributed by atoms with Crippen LogP contribution in [0.2, 0.25) is 0 Å². The van der Waals surface area contributed by atoms with Crippen LogP contribution in [-0.4, -0.2) is 45.4 Å². The third kappa shape index (κ3) is 4.08. The van der Waals surface area contributed by atoms with Gasteiger partial charge in [0.25, 0.3) is 5.91 Å². The number of hydrogen-bond acceptors (Lipinski definition) is 4. The number of piperidine rings is 2. The maximum Gasteiger partial charge on any atom is 0.276 e. The summed E-state index contributed by atoms with van der Waals surface area (Å²) in [7, 11) is 0. The molecule has 0 saturated carbocycles. The van der Waals surface area contributed by atoms with E-state index >= 15 is 0 Å². The number of benzene rings is 1. The highest BCUT2D eigenvalue weighted by atomic mass is 35.5. The smallest absolute Gasteiger partial charge is 0.276 e. The molecule has 0 radical (unpaired) electrons. The number of aryl methyl sites for hydroxylation is 1. The molecule has 0 bridgehead atoms. The second-order valence-electron chi connectivity index (χ2n) is 7.86. The van der Waals surface area contributed by atoms with Gasteiger partial charge in [0.1, 0.15) is 0 Å². The van der Waals surface area contributed by atoms with Gasteiger partial charge in [-0.1, -0.05) is 23.4 Å². The van der Waals surface area contributed by atoms with Crippen LogP contribution >= 0.6 is 12.4 Å². The third-order valence-electron chi connectivity index (χ3n) is 6.18. The standard InChI is InChI=1S/C21H29N5O.ClH/c1-15-6-5-7-18(16(15)2)20-8-3-4-13-25(20)21(27)19-14-26(24-23-19)17-9-11-22-12-10-17;/h5-7,14,17,20,22H,3-4,8-13H2,1-2H3;1H. The summed E-state index contributed by atoms with van der Waals surface area (Å²) in [5.41, 5.74) is 4.32. The Kier molecular flexibility index (Phi) is 6.73.